The molecule has 5 heteroatoms. The van der Waals surface area contributed by atoms with Crippen molar-refractivity contribution >= 4 is 22.8 Å². The van der Waals surface area contributed by atoms with Crippen LogP contribution in [0.15, 0.2) is 35.3 Å². The van der Waals surface area contributed by atoms with Gasteiger partial charge in [-0.2, -0.15) is 0 Å². The number of nitrogens with zero attached hydrogens (tertiary/aromatic N) is 2. The lowest BCUT2D eigenvalue weighted by molar-refractivity contribution is -0.129. The lowest BCUT2D eigenvalue weighted by Crippen LogP contribution is -2.40. The molecule has 2 atom stereocenters. The van der Waals surface area contributed by atoms with Gasteiger partial charge < -0.3 is 10.2 Å². The van der Waals surface area contributed by atoms with E-state index in [1.165, 1.54) is 50.5 Å². The van der Waals surface area contributed by atoms with Crippen molar-refractivity contribution in [3.63, 3.8) is 0 Å². The lowest BCUT2D eigenvalue weighted by atomic mass is 9.91. The molecule has 1 amide bonds. The Hall–Kier alpha value is -1.49. The molecule has 1 N–H and O–H groups in total. The van der Waals surface area contributed by atoms with E-state index in [1.807, 2.05) is 0 Å². The van der Waals surface area contributed by atoms with E-state index in [9.17, 15) is 4.79 Å². The SMILES string of the molecule is O=C(CSC1=NC2CCCCC2N1)N1CCC(CCCc2ccccc2)CC1. The van der Waals surface area contributed by atoms with E-state index in [1.54, 1.807) is 11.8 Å². The third kappa shape index (κ3) is 5.31. The van der Waals surface area contributed by atoms with Gasteiger partial charge in [-0.1, -0.05) is 54.9 Å². The zero-order valence-corrected chi connectivity index (χ0v) is 17.6. The van der Waals surface area contributed by atoms with Gasteiger partial charge in [0.1, 0.15) is 0 Å². The highest BCUT2D eigenvalue weighted by Gasteiger charge is 2.31. The molecule has 1 saturated heterocycles. The lowest BCUT2D eigenvalue weighted by Gasteiger charge is -2.32. The van der Waals surface area contributed by atoms with Crippen LogP contribution in [-0.2, 0) is 11.2 Å². The number of aliphatic imine (C=N–C) groups is 1. The summed E-state index contributed by atoms with van der Waals surface area (Å²) in [6, 6.07) is 11.7. The Morgan fingerprint density at radius 3 is 2.68 bits per heavy atom. The fraction of sp³-hybridized carbons (Fsp3) is 0.652. The number of fused-ring (bicyclic) bond motifs is 1. The Labute approximate surface area is 173 Å². The second kappa shape index (κ2) is 9.82. The average Bonchev–Trinajstić information content (AvgIpc) is 3.16. The van der Waals surface area contributed by atoms with Gasteiger partial charge in [0.25, 0.3) is 0 Å². The van der Waals surface area contributed by atoms with Gasteiger partial charge in [0.15, 0.2) is 5.17 Å². The quantitative estimate of drug-likeness (QED) is 0.778. The van der Waals surface area contributed by atoms with Crippen LogP contribution in [0.4, 0.5) is 0 Å². The molecule has 1 aromatic carbocycles. The number of amides is 1. The summed E-state index contributed by atoms with van der Waals surface area (Å²) in [5, 5.41) is 4.54. The number of hydrogen-bond donors (Lipinski definition) is 1. The van der Waals surface area contributed by atoms with Crippen molar-refractivity contribution in [1.29, 1.82) is 0 Å². The predicted molar refractivity (Wildman–Crippen MR) is 118 cm³/mol. The van der Waals surface area contributed by atoms with E-state index < -0.39 is 0 Å². The summed E-state index contributed by atoms with van der Waals surface area (Å²) in [6.07, 6.45) is 11.1. The van der Waals surface area contributed by atoms with Gasteiger partial charge in [-0.05, 0) is 56.4 Å². The van der Waals surface area contributed by atoms with Crippen LogP contribution < -0.4 is 5.32 Å². The molecular weight excluding hydrogens is 366 g/mol. The highest BCUT2D eigenvalue weighted by molar-refractivity contribution is 8.14. The van der Waals surface area contributed by atoms with Gasteiger partial charge in [0.2, 0.25) is 5.91 Å². The number of aryl methyl sites for hydroxylation is 1. The number of carbonyl (C=O) groups is 1. The van der Waals surface area contributed by atoms with E-state index >= 15 is 0 Å². The van der Waals surface area contributed by atoms with Crippen molar-refractivity contribution in [2.75, 3.05) is 18.8 Å². The highest BCUT2D eigenvalue weighted by atomic mass is 32.2. The Bertz CT molecular complexity index is 670. The summed E-state index contributed by atoms with van der Waals surface area (Å²) in [7, 11) is 0. The number of rotatable bonds is 6. The molecule has 2 aliphatic heterocycles. The number of nitrogens with one attached hydrogen (secondary N) is 1. The molecule has 2 heterocycles. The number of carbonyl (C=O) groups excluding carboxylic acids is 1. The first-order valence-electron chi connectivity index (χ1n) is 11.1. The molecule has 2 fully saturated rings. The van der Waals surface area contributed by atoms with Crippen LogP contribution >= 0.6 is 11.8 Å². The third-order valence-electron chi connectivity index (χ3n) is 6.54. The molecule has 0 spiro atoms. The Morgan fingerprint density at radius 2 is 1.89 bits per heavy atom. The maximum absolute atomic E-state index is 12.6. The minimum absolute atomic E-state index is 0.284. The topological polar surface area (TPSA) is 44.7 Å². The molecule has 2 unspecified atom stereocenters. The van der Waals surface area contributed by atoms with Crippen LogP contribution in [0.2, 0.25) is 0 Å². The Kier molecular flexibility index (Phi) is 6.95. The normalized spacial score (nSPS) is 25.1. The van der Waals surface area contributed by atoms with Gasteiger partial charge in [-0.3, -0.25) is 9.79 Å². The molecule has 4 nitrogen and oxygen atoms in total. The second-order valence-electron chi connectivity index (χ2n) is 8.53. The van der Waals surface area contributed by atoms with E-state index in [2.05, 4.69) is 40.5 Å². The third-order valence-corrected chi connectivity index (χ3v) is 7.43. The minimum atomic E-state index is 0.284. The fourth-order valence-electron chi connectivity index (χ4n) is 4.79. The van der Waals surface area contributed by atoms with Crippen molar-refractivity contribution < 1.29 is 4.79 Å². The Balaban J connectivity index is 1.12. The molecule has 3 aliphatic rings. The van der Waals surface area contributed by atoms with Crippen molar-refractivity contribution in [2.45, 2.75) is 69.9 Å². The summed E-state index contributed by atoms with van der Waals surface area (Å²) in [4.78, 5) is 19.5. The van der Waals surface area contributed by atoms with E-state index in [4.69, 9.17) is 4.99 Å². The van der Waals surface area contributed by atoms with Crippen molar-refractivity contribution in [3.8, 4) is 0 Å². The first kappa shape index (κ1) is 19.8. The van der Waals surface area contributed by atoms with Crippen LogP contribution in [0, 0.1) is 5.92 Å². The number of piperidine rings is 1. The largest absolute Gasteiger partial charge is 0.360 e. The molecule has 4 rings (SSSR count). The van der Waals surface area contributed by atoms with Crippen molar-refractivity contribution in [2.24, 2.45) is 10.9 Å². The van der Waals surface area contributed by atoms with Crippen LogP contribution in [0.1, 0.15) is 56.9 Å². The molecule has 1 aromatic rings. The van der Waals surface area contributed by atoms with Gasteiger partial charge >= 0.3 is 0 Å². The summed E-state index contributed by atoms with van der Waals surface area (Å²) in [6.45, 7) is 1.86. The maximum Gasteiger partial charge on any atom is 0.233 e. The standard InChI is InChI=1S/C23H33N3OS/c27-22(17-28-23-24-20-11-4-5-12-21(20)25-23)26-15-13-19(14-16-26)10-6-9-18-7-2-1-3-8-18/h1-3,7-8,19-21H,4-6,9-17H2,(H,24,25). The van der Waals surface area contributed by atoms with Crippen LogP contribution in [0.3, 0.4) is 0 Å². The first-order valence-corrected chi connectivity index (χ1v) is 12.1. The molecule has 0 radical (unpaired) electrons. The second-order valence-corrected chi connectivity index (χ2v) is 9.49. The van der Waals surface area contributed by atoms with Gasteiger partial charge in [0, 0.05) is 13.1 Å². The molecular formula is C23H33N3OS. The van der Waals surface area contributed by atoms with Gasteiger partial charge in [-0.15, -0.1) is 0 Å². The summed E-state index contributed by atoms with van der Waals surface area (Å²) < 4.78 is 0. The van der Waals surface area contributed by atoms with Crippen LogP contribution in [0.25, 0.3) is 0 Å². The van der Waals surface area contributed by atoms with E-state index in [-0.39, 0.29) is 5.91 Å². The summed E-state index contributed by atoms with van der Waals surface area (Å²) in [5.41, 5.74) is 1.44. The minimum Gasteiger partial charge on any atom is -0.360 e. The number of amidine groups is 1. The average molecular weight is 400 g/mol. The van der Waals surface area contributed by atoms with Crippen LogP contribution in [-0.4, -0.2) is 46.9 Å². The highest BCUT2D eigenvalue weighted by Crippen LogP contribution is 2.28. The number of thioether (sulfide) groups is 1. The fourth-order valence-corrected chi connectivity index (χ4v) is 5.68. The van der Waals surface area contributed by atoms with Crippen molar-refractivity contribution in [3.05, 3.63) is 35.9 Å². The summed E-state index contributed by atoms with van der Waals surface area (Å²) >= 11 is 1.61. The molecule has 1 saturated carbocycles. The van der Waals surface area contributed by atoms with Crippen molar-refractivity contribution in [1.82, 2.24) is 10.2 Å². The number of hydrogen-bond acceptors (Lipinski definition) is 4. The molecule has 0 aromatic heterocycles. The molecule has 28 heavy (non-hydrogen) atoms. The maximum atomic E-state index is 12.6. The zero-order valence-electron chi connectivity index (χ0n) is 16.8. The van der Waals surface area contributed by atoms with E-state index in [0.717, 1.165) is 37.0 Å². The molecule has 1 aliphatic carbocycles. The zero-order chi connectivity index (χ0) is 19.2. The molecule has 152 valence electrons. The molecule has 0 bridgehead atoms. The predicted octanol–water partition coefficient (Wildman–Crippen LogP) is 4.25. The van der Waals surface area contributed by atoms with E-state index in [0.29, 0.717) is 17.8 Å². The monoisotopic (exact) mass is 399 g/mol. The Morgan fingerprint density at radius 1 is 1.11 bits per heavy atom. The van der Waals surface area contributed by atoms with Crippen LogP contribution in [0.5, 0.6) is 0 Å². The van der Waals surface area contributed by atoms with Gasteiger partial charge in [0.05, 0.1) is 17.8 Å². The smallest absolute Gasteiger partial charge is 0.233 e. The number of likely N-dealkylation sites (tertiary alicyclic amines) is 1. The summed E-state index contributed by atoms with van der Waals surface area (Å²) in [5.74, 6) is 1.60. The van der Waals surface area contributed by atoms with Gasteiger partial charge in [-0.25, -0.2) is 0 Å². The number of benzene rings is 1. The first-order chi connectivity index (χ1) is 13.8.